The van der Waals surface area contributed by atoms with E-state index in [-0.39, 0.29) is 5.57 Å². The maximum atomic E-state index is 10.2. The van der Waals surface area contributed by atoms with Crippen molar-refractivity contribution < 1.29 is 34.3 Å². The molecule has 0 heterocycles. The lowest BCUT2D eigenvalue weighted by molar-refractivity contribution is -0.132. The average Bonchev–Trinajstić information content (AvgIpc) is 1.96. The van der Waals surface area contributed by atoms with E-state index in [0.29, 0.717) is 6.42 Å². The highest BCUT2D eigenvalue weighted by Crippen LogP contribution is 2.25. The molecule has 0 aliphatic carbocycles. The normalized spacial score (nSPS) is 13.9. The highest BCUT2D eigenvalue weighted by Gasteiger charge is 2.00. The molecule has 15 heavy (non-hydrogen) atoms. The molecule has 0 fully saturated rings. The number of hydrogen-bond donors (Lipinski definition) is 5. The number of rotatable bonds is 3. The number of carboxylic acid groups (broad SMARTS) is 1. The Bertz CT molecular complexity index is 256. The quantitative estimate of drug-likeness (QED) is 0.343. The summed E-state index contributed by atoms with van der Waals surface area (Å²) in [6.07, 6.45) is 1.44. The van der Waals surface area contributed by atoms with Crippen LogP contribution in [-0.2, 0) is 9.36 Å². The van der Waals surface area contributed by atoms with E-state index in [4.69, 9.17) is 29.5 Å². The van der Waals surface area contributed by atoms with Gasteiger partial charge in [-0.05, 0) is 20.3 Å². The van der Waals surface area contributed by atoms with Crippen molar-refractivity contribution in [2.75, 3.05) is 0 Å². The summed E-state index contributed by atoms with van der Waals surface area (Å²) in [5, 5.41) is 17.1. The molecule has 0 aliphatic heterocycles. The van der Waals surface area contributed by atoms with Crippen LogP contribution in [0.25, 0.3) is 0 Å². The lowest BCUT2D eigenvalue weighted by Gasteiger charge is -1.97. The molecule has 0 amide bonds. The van der Waals surface area contributed by atoms with E-state index in [2.05, 4.69) is 0 Å². The summed E-state index contributed by atoms with van der Waals surface area (Å²) in [4.78, 5) is 31.7. The lowest BCUT2D eigenvalue weighted by Crippen LogP contribution is -2.00. The van der Waals surface area contributed by atoms with Gasteiger partial charge in [0, 0.05) is 5.57 Å². The van der Waals surface area contributed by atoms with Crippen molar-refractivity contribution in [1.82, 2.24) is 0 Å². The molecule has 0 aromatic rings. The van der Waals surface area contributed by atoms with Crippen molar-refractivity contribution in [3.63, 3.8) is 0 Å². The fraction of sp³-hybridized carbons (Fsp3) is 0.571. The van der Waals surface area contributed by atoms with Crippen LogP contribution in [-0.4, -0.2) is 37.0 Å². The zero-order valence-corrected chi connectivity index (χ0v) is 9.26. The molecule has 90 valence electrons. The average molecular weight is 242 g/mol. The molecule has 0 rings (SSSR count). The smallest absolute Gasteiger partial charge is 0.466 e. The molecule has 0 radical (unpaired) electrons. The van der Waals surface area contributed by atoms with Crippen molar-refractivity contribution in [3.8, 4) is 0 Å². The number of aliphatic hydroxyl groups excluding tert-OH is 1. The van der Waals surface area contributed by atoms with Crippen LogP contribution >= 0.6 is 7.82 Å². The minimum atomic E-state index is -4.64. The van der Waals surface area contributed by atoms with Crippen LogP contribution in [0.2, 0.25) is 0 Å². The molecule has 5 N–H and O–H groups in total. The number of aliphatic hydroxyl groups is 1. The Hall–Kier alpha value is -0.720. The van der Waals surface area contributed by atoms with Gasteiger partial charge in [-0.2, -0.15) is 0 Å². The SMILES string of the molecule is CC(=CCC(C)O)C(=O)O.O=P(O)(O)O. The summed E-state index contributed by atoms with van der Waals surface area (Å²) in [6.45, 7) is 3.12. The van der Waals surface area contributed by atoms with E-state index in [1.165, 1.54) is 13.0 Å². The molecule has 0 spiro atoms. The highest BCUT2D eigenvalue weighted by molar-refractivity contribution is 7.45. The second-order valence-corrected chi connectivity index (χ2v) is 3.82. The molecule has 8 heteroatoms. The molecule has 0 saturated heterocycles. The third kappa shape index (κ3) is 24.6. The molecular formula is C7H15O7P. The van der Waals surface area contributed by atoms with E-state index in [9.17, 15) is 4.79 Å². The molecule has 0 aliphatic rings. The van der Waals surface area contributed by atoms with E-state index >= 15 is 0 Å². The van der Waals surface area contributed by atoms with Crippen LogP contribution in [0.3, 0.4) is 0 Å². The minimum absolute atomic E-state index is 0.279. The second kappa shape index (κ2) is 7.56. The Morgan fingerprint density at radius 3 is 1.93 bits per heavy atom. The van der Waals surface area contributed by atoms with E-state index < -0.39 is 19.9 Å². The van der Waals surface area contributed by atoms with Gasteiger partial charge in [0.05, 0.1) is 6.10 Å². The van der Waals surface area contributed by atoms with Crippen molar-refractivity contribution in [2.24, 2.45) is 0 Å². The number of aliphatic carboxylic acids is 1. The summed E-state index contributed by atoms with van der Waals surface area (Å²) < 4.78 is 8.88. The Morgan fingerprint density at radius 1 is 1.40 bits per heavy atom. The fourth-order valence-electron chi connectivity index (χ4n) is 0.435. The largest absolute Gasteiger partial charge is 0.478 e. The van der Waals surface area contributed by atoms with E-state index in [0.717, 1.165) is 0 Å². The van der Waals surface area contributed by atoms with Gasteiger partial charge in [0.1, 0.15) is 0 Å². The number of phosphoric acid groups is 1. The van der Waals surface area contributed by atoms with Crippen LogP contribution in [0.4, 0.5) is 0 Å². The Morgan fingerprint density at radius 2 is 1.73 bits per heavy atom. The van der Waals surface area contributed by atoms with Crippen LogP contribution in [0.15, 0.2) is 11.6 Å². The molecule has 1 atom stereocenters. The first-order valence-electron chi connectivity index (χ1n) is 3.90. The van der Waals surface area contributed by atoms with Gasteiger partial charge in [-0.25, -0.2) is 9.36 Å². The van der Waals surface area contributed by atoms with Crippen LogP contribution < -0.4 is 0 Å². The van der Waals surface area contributed by atoms with E-state index in [1.807, 2.05) is 0 Å². The summed E-state index contributed by atoms with van der Waals surface area (Å²) in [6, 6.07) is 0. The molecule has 0 aromatic heterocycles. The molecule has 7 nitrogen and oxygen atoms in total. The zero-order chi connectivity index (χ0) is 12.6. The highest BCUT2D eigenvalue weighted by atomic mass is 31.2. The lowest BCUT2D eigenvalue weighted by atomic mass is 10.2. The maximum absolute atomic E-state index is 10.2. The molecule has 0 aromatic carbocycles. The van der Waals surface area contributed by atoms with Gasteiger partial charge in [0.2, 0.25) is 0 Å². The van der Waals surface area contributed by atoms with Gasteiger partial charge < -0.3 is 24.9 Å². The van der Waals surface area contributed by atoms with Crippen molar-refractivity contribution >= 4 is 13.8 Å². The maximum Gasteiger partial charge on any atom is 0.466 e. The standard InChI is InChI=1S/C7H12O3.H3O4P/c1-5(7(9)10)3-4-6(2)8;1-5(2,3)4/h3,6,8H,4H2,1-2H3,(H,9,10);(H3,1,2,3,4). The number of carbonyl (C=O) groups is 1. The first-order valence-corrected chi connectivity index (χ1v) is 5.47. The third-order valence-electron chi connectivity index (χ3n) is 1.10. The molecule has 1 unspecified atom stereocenters. The minimum Gasteiger partial charge on any atom is -0.478 e. The van der Waals surface area contributed by atoms with Gasteiger partial charge in [-0.15, -0.1) is 0 Å². The Balaban J connectivity index is 0. The van der Waals surface area contributed by atoms with Gasteiger partial charge >= 0.3 is 13.8 Å². The zero-order valence-electron chi connectivity index (χ0n) is 8.36. The fourth-order valence-corrected chi connectivity index (χ4v) is 0.435. The van der Waals surface area contributed by atoms with Crippen LogP contribution in [0, 0.1) is 0 Å². The number of hydrogen-bond acceptors (Lipinski definition) is 3. The monoisotopic (exact) mass is 242 g/mol. The van der Waals surface area contributed by atoms with Gasteiger partial charge in [-0.3, -0.25) is 0 Å². The molecule has 0 saturated carbocycles. The van der Waals surface area contributed by atoms with Crippen molar-refractivity contribution in [3.05, 3.63) is 11.6 Å². The predicted octanol–water partition coefficient (Wildman–Crippen LogP) is -0.140. The first kappa shape index (κ1) is 16.7. The van der Waals surface area contributed by atoms with Crippen LogP contribution in [0.5, 0.6) is 0 Å². The topological polar surface area (TPSA) is 135 Å². The summed E-state index contributed by atoms with van der Waals surface area (Å²) in [5.41, 5.74) is 0.279. The predicted molar refractivity (Wildman–Crippen MR) is 52.0 cm³/mol. The molecule has 0 bridgehead atoms. The van der Waals surface area contributed by atoms with Gasteiger partial charge in [0.15, 0.2) is 0 Å². The van der Waals surface area contributed by atoms with Gasteiger partial charge in [-0.1, -0.05) is 6.08 Å². The third-order valence-corrected chi connectivity index (χ3v) is 1.10. The summed E-state index contributed by atoms with van der Waals surface area (Å²) in [7, 11) is -4.64. The van der Waals surface area contributed by atoms with Crippen molar-refractivity contribution in [1.29, 1.82) is 0 Å². The Labute approximate surface area is 86.9 Å². The number of carboxylic acids is 1. The van der Waals surface area contributed by atoms with Crippen molar-refractivity contribution in [2.45, 2.75) is 26.4 Å². The van der Waals surface area contributed by atoms with Gasteiger partial charge in [0.25, 0.3) is 0 Å². The second-order valence-electron chi connectivity index (χ2n) is 2.79. The summed E-state index contributed by atoms with van der Waals surface area (Å²) in [5.74, 6) is -0.930. The van der Waals surface area contributed by atoms with E-state index in [1.54, 1.807) is 6.92 Å². The first-order chi connectivity index (χ1) is 6.54. The van der Waals surface area contributed by atoms with Crippen LogP contribution in [0.1, 0.15) is 20.3 Å². The summed E-state index contributed by atoms with van der Waals surface area (Å²) >= 11 is 0. The molecular weight excluding hydrogens is 227 g/mol. The Kier molecular flexibility index (Phi) is 8.41.